The second kappa shape index (κ2) is 4.34. The van der Waals surface area contributed by atoms with Gasteiger partial charge in [0.25, 0.3) is 0 Å². The lowest BCUT2D eigenvalue weighted by Crippen LogP contribution is -2.42. The SMILES string of the molecule is Cc1cc2c(cc1OC(C)C)C(C)(C)NCC2. The van der Waals surface area contributed by atoms with Crippen molar-refractivity contribution in [1.29, 1.82) is 0 Å². The summed E-state index contributed by atoms with van der Waals surface area (Å²) in [4.78, 5) is 0. The Hall–Kier alpha value is -1.02. The standard InChI is InChI=1S/C15H23NO/c1-10(2)17-14-9-13-12(8-11(14)3)6-7-16-15(13,4)5/h8-10,16H,6-7H2,1-5H3. The Bertz CT molecular complexity index is 421. The van der Waals surface area contributed by atoms with Crippen LogP contribution in [-0.2, 0) is 12.0 Å². The van der Waals surface area contributed by atoms with Gasteiger partial charge in [-0.1, -0.05) is 6.07 Å². The zero-order valence-corrected chi connectivity index (χ0v) is 11.6. The summed E-state index contributed by atoms with van der Waals surface area (Å²) in [6, 6.07) is 4.51. The van der Waals surface area contributed by atoms with E-state index in [9.17, 15) is 0 Å². The zero-order chi connectivity index (χ0) is 12.6. The average Bonchev–Trinajstić information content (AvgIpc) is 2.19. The van der Waals surface area contributed by atoms with Crippen LogP contribution >= 0.6 is 0 Å². The van der Waals surface area contributed by atoms with Crippen molar-refractivity contribution >= 4 is 0 Å². The Kier molecular flexibility index (Phi) is 3.17. The Morgan fingerprint density at radius 3 is 2.65 bits per heavy atom. The van der Waals surface area contributed by atoms with Gasteiger partial charge in [-0.05, 0) is 70.3 Å². The number of ether oxygens (including phenoxy) is 1. The van der Waals surface area contributed by atoms with Crippen LogP contribution < -0.4 is 10.1 Å². The van der Waals surface area contributed by atoms with Crippen molar-refractivity contribution in [3.8, 4) is 5.75 Å². The van der Waals surface area contributed by atoms with Gasteiger partial charge in [-0.3, -0.25) is 0 Å². The number of hydrogen-bond acceptors (Lipinski definition) is 2. The first-order valence-corrected chi connectivity index (χ1v) is 6.46. The first-order chi connectivity index (χ1) is 7.90. The number of fused-ring (bicyclic) bond motifs is 1. The summed E-state index contributed by atoms with van der Waals surface area (Å²) in [5.74, 6) is 1.02. The van der Waals surface area contributed by atoms with E-state index < -0.39 is 0 Å². The van der Waals surface area contributed by atoms with E-state index in [2.05, 4.69) is 52.1 Å². The van der Waals surface area contributed by atoms with Crippen LogP contribution in [0, 0.1) is 6.92 Å². The fourth-order valence-electron chi connectivity index (χ4n) is 2.52. The number of benzene rings is 1. The molecular weight excluding hydrogens is 210 g/mol. The van der Waals surface area contributed by atoms with Crippen molar-refractivity contribution in [2.75, 3.05) is 6.54 Å². The molecule has 0 fully saturated rings. The van der Waals surface area contributed by atoms with Gasteiger partial charge < -0.3 is 10.1 Å². The van der Waals surface area contributed by atoms with E-state index in [-0.39, 0.29) is 11.6 Å². The minimum atomic E-state index is 0.0520. The van der Waals surface area contributed by atoms with Gasteiger partial charge in [-0.25, -0.2) is 0 Å². The minimum absolute atomic E-state index is 0.0520. The minimum Gasteiger partial charge on any atom is -0.491 e. The van der Waals surface area contributed by atoms with Gasteiger partial charge >= 0.3 is 0 Å². The fraction of sp³-hybridized carbons (Fsp3) is 0.600. The van der Waals surface area contributed by atoms with E-state index in [0.29, 0.717) is 0 Å². The van der Waals surface area contributed by atoms with Crippen molar-refractivity contribution in [1.82, 2.24) is 5.32 Å². The lowest BCUT2D eigenvalue weighted by molar-refractivity contribution is 0.239. The Labute approximate surface area is 104 Å². The number of hydrogen-bond donors (Lipinski definition) is 1. The van der Waals surface area contributed by atoms with E-state index in [0.717, 1.165) is 18.7 Å². The maximum Gasteiger partial charge on any atom is 0.122 e. The molecule has 0 spiro atoms. The van der Waals surface area contributed by atoms with Crippen molar-refractivity contribution in [3.05, 3.63) is 28.8 Å². The molecule has 0 atom stereocenters. The summed E-state index contributed by atoms with van der Waals surface area (Å²) in [5.41, 5.74) is 4.14. The molecule has 0 radical (unpaired) electrons. The Morgan fingerprint density at radius 2 is 2.00 bits per heavy atom. The molecule has 2 nitrogen and oxygen atoms in total. The number of aryl methyl sites for hydroxylation is 1. The maximum atomic E-state index is 5.88. The van der Waals surface area contributed by atoms with Crippen LogP contribution in [0.5, 0.6) is 5.75 Å². The summed E-state index contributed by atoms with van der Waals surface area (Å²) in [6.45, 7) is 11.8. The Morgan fingerprint density at radius 1 is 1.29 bits per heavy atom. The average molecular weight is 233 g/mol. The third kappa shape index (κ3) is 2.47. The topological polar surface area (TPSA) is 21.3 Å². The van der Waals surface area contributed by atoms with Gasteiger partial charge in [0.05, 0.1) is 6.10 Å². The second-order valence-electron chi connectivity index (χ2n) is 5.74. The summed E-state index contributed by atoms with van der Waals surface area (Å²) < 4.78 is 5.88. The van der Waals surface area contributed by atoms with E-state index in [4.69, 9.17) is 4.74 Å². The van der Waals surface area contributed by atoms with Crippen LogP contribution in [0.15, 0.2) is 12.1 Å². The third-order valence-corrected chi connectivity index (χ3v) is 3.40. The summed E-state index contributed by atoms with van der Waals surface area (Å²) >= 11 is 0. The molecule has 0 aliphatic carbocycles. The van der Waals surface area contributed by atoms with E-state index >= 15 is 0 Å². The highest BCUT2D eigenvalue weighted by Crippen LogP contribution is 2.33. The van der Waals surface area contributed by atoms with Crippen molar-refractivity contribution < 1.29 is 4.74 Å². The molecule has 0 bridgehead atoms. The van der Waals surface area contributed by atoms with Crippen molar-refractivity contribution in [2.24, 2.45) is 0 Å². The molecule has 1 aromatic rings. The summed E-state index contributed by atoms with van der Waals surface area (Å²) in [7, 11) is 0. The number of nitrogens with one attached hydrogen (secondary N) is 1. The van der Waals surface area contributed by atoms with Gasteiger partial charge in [0.2, 0.25) is 0 Å². The van der Waals surface area contributed by atoms with Crippen LogP contribution in [0.4, 0.5) is 0 Å². The molecule has 2 heteroatoms. The molecule has 1 N–H and O–H groups in total. The molecular formula is C15H23NO. The fourth-order valence-corrected chi connectivity index (χ4v) is 2.52. The first kappa shape index (κ1) is 12.4. The lowest BCUT2D eigenvalue weighted by atomic mass is 9.84. The zero-order valence-electron chi connectivity index (χ0n) is 11.6. The highest BCUT2D eigenvalue weighted by Gasteiger charge is 2.27. The van der Waals surface area contributed by atoms with Gasteiger partial charge in [0.1, 0.15) is 5.75 Å². The highest BCUT2D eigenvalue weighted by molar-refractivity contribution is 5.46. The van der Waals surface area contributed by atoms with Gasteiger partial charge in [0, 0.05) is 5.54 Å². The quantitative estimate of drug-likeness (QED) is 0.847. The maximum absolute atomic E-state index is 5.88. The molecule has 0 saturated carbocycles. The Balaban J connectivity index is 2.45. The van der Waals surface area contributed by atoms with Crippen LogP contribution in [0.2, 0.25) is 0 Å². The third-order valence-electron chi connectivity index (χ3n) is 3.40. The molecule has 1 heterocycles. The van der Waals surface area contributed by atoms with Gasteiger partial charge in [-0.15, -0.1) is 0 Å². The summed E-state index contributed by atoms with van der Waals surface area (Å²) in [5, 5.41) is 3.56. The lowest BCUT2D eigenvalue weighted by Gasteiger charge is -2.34. The van der Waals surface area contributed by atoms with Crippen LogP contribution in [0.25, 0.3) is 0 Å². The van der Waals surface area contributed by atoms with E-state index in [1.165, 1.54) is 16.7 Å². The smallest absolute Gasteiger partial charge is 0.122 e. The normalized spacial score (nSPS) is 18.0. The van der Waals surface area contributed by atoms with Crippen LogP contribution in [0.3, 0.4) is 0 Å². The number of rotatable bonds is 2. The largest absolute Gasteiger partial charge is 0.491 e. The first-order valence-electron chi connectivity index (χ1n) is 6.46. The van der Waals surface area contributed by atoms with Crippen molar-refractivity contribution in [3.63, 3.8) is 0 Å². The van der Waals surface area contributed by atoms with Crippen molar-refractivity contribution in [2.45, 2.75) is 52.7 Å². The molecule has 0 saturated heterocycles. The highest BCUT2D eigenvalue weighted by atomic mass is 16.5. The van der Waals surface area contributed by atoms with E-state index in [1.54, 1.807) is 0 Å². The molecule has 1 aliphatic heterocycles. The monoisotopic (exact) mass is 233 g/mol. The van der Waals surface area contributed by atoms with Gasteiger partial charge in [-0.2, -0.15) is 0 Å². The molecule has 17 heavy (non-hydrogen) atoms. The predicted molar refractivity (Wildman–Crippen MR) is 71.7 cm³/mol. The summed E-state index contributed by atoms with van der Waals surface area (Å²) in [6.07, 6.45) is 1.34. The van der Waals surface area contributed by atoms with Crippen LogP contribution in [0.1, 0.15) is 44.4 Å². The molecule has 1 aliphatic rings. The van der Waals surface area contributed by atoms with E-state index in [1.807, 2.05) is 0 Å². The second-order valence-corrected chi connectivity index (χ2v) is 5.74. The predicted octanol–water partition coefficient (Wildman–Crippen LogP) is 3.16. The molecule has 94 valence electrons. The molecule has 0 aromatic heterocycles. The van der Waals surface area contributed by atoms with Crippen LogP contribution in [-0.4, -0.2) is 12.6 Å². The van der Waals surface area contributed by atoms with Gasteiger partial charge in [0.15, 0.2) is 0 Å². The molecule has 1 aromatic carbocycles. The molecule has 0 unspecified atom stereocenters. The molecule has 0 amide bonds. The molecule has 2 rings (SSSR count).